The number of hydrogen-bond acceptors (Lipinski definition) is 3. The van der Waals surface area contributed by atoms with Gasteiger partial charge in [0.25, 0.3) is 5.69 Å². The van der Waals surface area contributed by atoms with Crippen LogP contribution in [-0.2, 0) is 0 Å². The number of non-ortho nitro benzene ring substituents is 1. The summed E-state index contributed by atoms with van der Waals surface area (Å²) in [7, 11) is 1.64. The van der Waals surface area contributed by atoms with Gasteiger partial charge in [-0.2, -0.15) is 0 Å². The summed E-state index contributed by atoms with van der Waals surface area (Å²) < 4.78 is 5.09. The highest BCUT2D eigenvalue weighted by Crippen LogP contribution is 2.14. The van der Waals surface area contributed by atoms with E-state index in [1.807, 2.05) is 48.6 Å². The van der Waals surface area contributed by atoms with E-state index in [4.69, 9.17) is 4.74 Å². The van der Waals surface area contributed by atoms with Crippen molar-refractivity contribution in [1.82, 2.24) is 0 Å². The molecule has 21 heavy (non-hydrogen) atoms. The fourth-order valence-corrected chi connectivity index (χ4v) is 1.76. The molecule has 0 N–H and O–H groups in total. The van der Waals surface area contributed by atoms with Crippen molar-refractivity contribution in [3.05, 3.63) is 81.9 Å². The van der Waals surface area contributed by atoms with Crippen LogP contribution in [0.3, 0.4) is 0 Å². The van der Waals surface area contributed by atoms with Crippen LogP contribution >= 0.6 is 0 Å². The Morgan fingerprint density at radius 1 is 0.905 bits per heavy atom. The maximum Gasteiger partial charge on any atom is 0.269 e. The predicted molar refractivity (Wildman–Crippen MR) is 84.2 cm³/mol. The normalized spacial score (nSPS) is 11.1. The topological polar surface area (TPSA) is 52.4 Å². The summed E-state index contributed by atoms with van der Waals surface area (Å²) in [5.74, 6) is 0.827. The fourth-order valence-electron chi connectivity index (χ4n) is 1.76. The molecule has 0 amide bonds. The smallest absolute Gasteiger partial charge is 0.269 e. The highest BCUT2D eigenvalue weighted by Gasteiger charge is 2.01. The van der Waals surface area contributed by atoms with Gasteiger partial charge in [-0.1, -0.05) is 36.4 Å². The highest BCUT2D eigenvalue weighted by molar-refractivity contribution is 5.58. The minimum Gasteiger partial charge on any atom is -0.497 e. The van der Waals surface area contributed by atoms with E-state index >= 15 is 0 Å². The molecule has 106 valence electrons. The molecule has 0 spiro atoms. The van der Waals surface area contributed by atoms with Crippen molar-refractivity contribution in [3.8, 4) is 5.75 Å². The summed E-state index contributed by atoms with van der Waals surface area (Å²) in [4.78, 5) is 10.1. The van der Waals surface area contributed by atoms with Crippen LogP contribution in [0, 0.1) is 10.1 Å². The summed E-state index contributed by atoms with van der Waals surface area (Å²) in [6.07, 6.45) is 7.68. The summed E-state index contributed by atoms with van der Waals surface area (Å²) in [6.45, 7) is 0. The molecule has 0 aliphatic carbocycles. The fraction of sp³-hybridized carbons (Fsp3) is 0.0588. The average Bonchev–Trinajstić information content (AvgIpc) is 2.52. The lowest BCUT2D eigenvalue weighted by Crippen LogP contribution is -1.86. The van der Waals surface area contributed by atoms with E-state index < -0.39 is 4.92 Å². The molecule has 0 saturated heterocycles. The van der Waals surface area contributed by atoms with Crippen LogP contribution in [0.4, 0.5) is 5.69 Å². The second-order valence-corrected chi connectivity index (χ2v) is 4.34. The first kappa shape index (κ1) is 14.5. The van der Waals surface area contributed by atoms with Crippen molar-refractivity contribution in [2.75, 3.05) is 7.11 Å². The number of ether oxygens (including phenoxy) is 1. The van der Waals surface area contributed by atoms with Crippen LogP contribution in [0.5, 0.6) is 5.75 Å². The van der Waals surface area contributed by atoms with E-state index in [1.165, 1.54) is 12.1 Å². The van der Waals surface area contributed by atoms with Crippen molar-refractivity contribution in [1.29, 1.82) is 0 Å². The lowest BCUT2D eigenvalue weighted by atomic mass is 10.1. The number of nitro benzene ring substituents is 1. The van der Waals surface area contributed by atoms with Gasteiger partial charge in [0.05, 0.1) is 12.0 Å². The van der Waals surface area contributed by atoms with Crippen molar-refractivity contribution < 1.29 is 9.66 Å². The Hall–Kier alpha value is -2.88. The highest BCUT2D eigenvalue weighted by atomic mass is 16.6. The molecule has 0 fully saturated rings. The summed E-state index contributed by atoms with van der Waals surface area (Å²) >= 11 is 0. The van der Waals surface area contributed by atoms with Crippen molar-refractivity contribution in [2.24, 2.45) is 0 Å². The second-order valence-electron chi connectivity index (χ2n) is 4.34. The molecule has 0 aromatic heterocycles. The van der Waals surface area contributed by atoms with Crippen molar-refractivity contribution >= 4 is 17.8 Å². The van der Waals surface area contributed by atoms with Gasteiger partial charge in [-0.05, 0) is 35.4 Å². The number of allylic oxidation sites excluding steroid dienone is 2. The lowest BCUT2D eigenvalue weighted by Gasteiger charge is -1.98. The zero-order chi connectivity index (χ0) is 15.1. The first-order valence-corrected chi connectivity index (χ1v) is 6.42. The Labute approximate surface area is 123 Å². The Kier molecular flexibility index (Phi) is 4.88. The first-order valence-electron chi connectivity index (χ1n) is 6.42. The Morgan fingerprint density at radius 2 is 1.38 bits per heavy atom. The average molecular weight is 281 g/mol. The van der Waals surface area contributed by atoms with E-state index in [0.29, 0.717) is 0 Å². The number of nitrogens with zero attached hydrogens (tertiary/aromatic N) is 1. The molecule has 2 aromatic rings. The number of benzene rings is 2. The Bertz CT molecular complexity index is 655. The van der Waals surface area contributed by atoms with E-state index in [0.717, 1.165) is 16.9 Å². The van der Waals surface area contributed by atoms with Gasteiger partial charge in [-0.15, -0.1) is 0 Å². The third-order valence-electron chi connectivity index (χ3n) is 2.91. The quantitative estimate of drug-likeness (QED) is 0.465. The van der Waals surface area contributed by atoms with Gasteiger partial charge in [-0.3, -0.25) is 10.1 Å². The zero-order valence-electron chi connectivity index (χ0n) is 11.6. The molecule has 2 aromatic carbocycles. The molecule has 0 bridgehead atoms. The molecule has 0 atom stereocenters. The molecule has 0 heterocycles. The van der Waals surface area contributed by atoms with E-state index in [1.54, 1.807) is 19.2 Å². The first-order chi connectivity index (χ1) is 10.2. The molecule has 0 unspecified atom stereocenters. The molecule has 0 aliphatic heterocycles. The van der Waals surface area contributed by atoms with Crippen molar-refractivity contribution in [3.63, 3.8) is 0 Å². The third-order valence-corrected chi connectivity index (χ3v) is 2.91. The van der Waals surface area contributed by atoms with Crippen molar-refractivity contribution in [2.45, 2.75) is 0 Å². The Balaban J connectivity index is 1.97. The Morgan fingerprint density at radius 3 is 1.81 bits per heavy atom. The second kappa shape index (κ2) is 7.05. The summed E-state index contributed by atoms with van der Waals surface area (Å²) in [5.41, 5.74) is 2.09. The molecule has 4 nitrogen and oxygen atoms in total. The van der Waals surface area contributed by atoms with Gasteiger partial charge >= 0.3 is 0 Å². The monoisotopic (exact) mass is 281 g/mol. The zero-order valence-corrected chi connectivity index (χ0v) is 11.6. The van der Waals surface area contributed by atoms with Crippen LogP contribution < -0.4 is 4.74 Å². The van der Waals surface area contributed by atoms with Crippen LogP contribution in [0.25, 0.3) is 12.2 Å². The maximum atomic E-state index is 10.5. The SMILES string of the molecule is COc1ccc(/C=C/C=C/c2ccc([N+](=O)[O-])cc2)cc1. The number of rotatable bonds is 5. The van der Waals surface area contributed by atoms with Crippen LogP contribution in [-0.4, -0.2) is 12.0 Å². The number of methoxy groups -OCH3 is 1. The predicted octanol–water partition coefficient (Wildman–Crippen LogP) is 4.33. The molecule has 4 heteroatoms. The maximum absolute atomic E-state index is 10.5. The van der Waals surface area contributed by atoms with Gasteiger partial charge in [0.1, 0.15) is 5.75 Å². The number of hydrogen-bond donors (Lipinski definition) is 0. The van der Waals surface area contributed by atoms with Gasteiger partial charge in [0, 0.05) is 12.1 Å². The molecule has 0 saturated carbocycles. The minimum absolute atomic E-state index is 0.0981. The summed E-state index contributed by atoms with van der Waals surface area (Å²) in [6, 6.07) is 14.2. The molecule has 0 radical (unpaired) electrons. The molecular weight excluding hydrogens is 266 g/mol. The van der Waals surface area contributed by atoms with E-state index in [-0.39, 0.29) is 5.69 Å². The molecular formula is C17H15NO3. The lowest BCUT2D eigenvalue weighted by molar-refractivity contribution is -0.384. The van der Waals surface area contributed by atoms with Gasteiger partial charge in [0.2, 0.25) is 0 Å². The van der Waals surface area contributed by atoms with Crippen LogP contribution in [0.2, 0.25) is 0 Å². The van der Waals surface area contributed by atoms with Gasteiger partial charge in [-0.25, -0.2) is 0 Å². The summed E-state index contributed by atoms with van der Waals surface area (Å²) in [5, 5.41) is 10.5. The largest absolute Gasteiger partial charge is 0.497 e. The number of nitro groups is 1. The van der Waals surface area contributed by atoms with Gasteiger partial charge in [0.15, 0.2) is 0 Å². The molecule has 0 aliphatic rings. The van der Waals surface area contributed by atoms with E-state index in [9.17, 15) is 10.1 Å². The van der Waals surface area contributed by atoms with E-state index in [2.05, 4.69) is 0 Å². The van der Waals surface area contributed by atoms with Crippen LogP contribution in [0.1, 0.15) is 11.1 Å². The third kappa shape index (κ3) is 4.31. The van der Waals surface area contributed by atoms with Crippen LogP contribution in [0.15, 0.2) is 60.7 Å². The standard InChI is InChI=1S/C17H15NO3/c1-21-17-12-8-15(9-13-17)5-3-2-4-14-6-10-16(11-7-14)18(19)20/h2-13H,1H3/b4-2+,5-3+. The van der Waals surface area contributed by atoms with Gasteiger partial charge < -0.3 is 4.74 Å². The molecule has 2 rings (SSSR count). The minimum atomic E-state index is -0.406.